The molecule has 0 saturated carbocycles. The normalized spacial score (nSPS) is 17.4. The van der Waals surface area contributed by atoms with E-state index in [2.05, 4.69) is 4.90 Å². The Labute approximate surface area is 151 Å². The molecule has 0 unspecified atom stereocenters. The van der Waals surface area contributed by atoms with E-state index in [0.29, 0.717) is 24.5 Å². The second-order valence-electron chi connectivity index (χ2n) is 6.52. The zero-order valence-electron chi connectivity index (χ0n) is 14.3. The van der Waals surface area contributed by atoms with Crippen molar-refractivity contribution in [1.82, 2.24) is 9.21 Å². The molecule has 1 aliphatic rings. The number of carboxylic acids is 1. The molecule has 0 atom stereocenters. The van der Waals surface area contributed by atoms with Gasteiger partial charge >= 0.3 is 5.97 Å². The molecule has 136 valence electrons. The first-order valence-electron chi connectivity index (χ1n) is 8.16. The number of hydrogen-bond acceptors (Lipinski definition) is 5. The smallest absolute Gasteiger partial charge is 0.346 e. The number of fused-ring (bicyclic) bond motifs is 1. The van der Waals surface area contributed by atoms with Crippen molar-refractivity contribution in [2.45, 2.75) is 25.4 Å². The van der Waals surface area contributed by atoms with Crippen LogP contribution in [0.15, 0.2) is 24.3 Å². The summed E-state index contributed by atoms with van der Waals surface area (Å²) in [6, 6.07) is 8.00. The summed E-state index contributed by atoms with van der Waals surface area (Å²) in [5.74, 6) is -0.892. The van der Waals surface area contributed by atoms with Crippen molar-refractivity contribution >= 4 is 37.4 Å². The third-order valence-electron chi connectivity index (χ3n) is 4.82. The summed E-state index contributed by atoms with van der Waals surface area (Å²) in [7, 11) is -1.15. The minimum absolute atomic E-state index is 0.248. The van der Waals surface area contributed by atoms with E-state index in [1.54, 1.807) is 0 Å². The fourth-order valence-electron chi connectivity index (χ4n) is 3.42. The van der Waals surface area contributed by atoms with Crippen LogP contribution in [0.4, 0.5) is 0 Å². The summed E-state index contributed by atoms with van der Waals surface area (Å²) < 4.78 is 25.8. The van der Waals surface area contributed by atoms with Gasteiger partial charge < -0.3 is 5.11 Å². The highest BCUT2D eigenvalue weighted by atomic mass is 32.2. The molecule has 0 aliphatic carbocycles. The Kier molecular flexibility index (Phi) is 5.15. The molecule has 1 aromatic heterocycles. The number of benzene rings is 1. The average Bonchev–Trinajstić information content (AvgIpc) is 2.93. The van der Waals surface area contributed by atoms with Gasteiger partial charge in [0, 0.05) is 30.4 Å². The van der Waals surface area contributed by atoms with Gasteiger partial charge in [0.15, 0.2) is 0 Å². The van der Waals surface area contributed by atoms with Crippen molar-refractivity contribution in [2.24, 2.45) is 0 Å². The van der Waals surface area contributed by atoms with Gasteiger partial charge in [-0.1, -0.05) is 18.2 Å². The molecule has 1 aromatic carbocycles. The van der Waals surface area contributed by atoms with Crippen LogP contribution in [0.5, 0.6) is 0 Å². The van der Waals surface area contributed by atoms with Crippen molar-refractivity contribution in [3.63, 3.8) is 0 Å². The van der Waals surface area contributed by atoms with Gasteiger partial charge in [-0.05, 0) is 36.9 Å². The molecule has 0 bridgehead atoms. The molecule has 1 aliphatic heterocycles. The van der Waals surface area contributed by atoms with E-state index in [0.717, 1.165) is 28.5 Å². The van der Waals surface area contributed by atoms with Crippen LogP contribution >= 0.6 is 11.3 Å². The van der Waals surface area contributed by atoms with Crippen LogP contribution in [0.1, 0.15) is 28.1 Å². The number of piperidine rings is 1. The van der Waals surface area contributed by atoms with Gasteiger partial charge in [-0.3, -0.25) is 4.90 Å². The van der Waals surface area contributed by atoms with Gasteiger partial charge in [0.05, 0.1) is 6.26 Å². The number of aromatic carboxylic acids is 1. The Morgan fingerprint density at radius 3 is 2.56 bits per heavy atom. The van der Waals surface area contributed by atoms with Crippen LogP contribution in [0, 0.1) is 0 Å². The quantitative estimate of drug-likeness (QED) is 0.859. The van der Waals surface area contributed by atoms with Gasteiger partial charge in [0.2, 0.25) is 10.0 Å². The maximum Gasteiger partial charge on any atom is 0.346 e. The van der Waals surface area contributed by atoms with E-state index >= 15 is 0 Å². The molecule has 0 radical (unpaired) electrons. The van der Waals surface area contributed by atoms with Crippen LogP contribution < -0.4 is 0 Å². The second-order valence-corrected chi connectivity index (χ2v) is 9.55. The fourth-order valence-corrected chi connectivity index (χ4v) is 5.35. The predicted octanol–water partition coefficient (Wildman–Crippen LogP) is 2.46. The molecule has 6 nitrogen and oxygen atoms in total. The molecule has 0 spiro atoms. The molecule has 3 rings (SSSR count). The first-order chi connectivity index (χ1) is 11.8. The number of nitrogens with zero attached hydrogens (tertiary/aromatic N) is 2. The lowest BCUT2D eigenvalue weighted by Gasteiger charge is -2.35. The van der Waals surface area contributed by atoms with E-state index in [-0.39, 0.29) is 6.04 Å². The molecule has 25 heavy (non-hydrogen) atoms. The monoisotopic (exact) mass is 382 g/mol. The molecule has 8 heteroatoms. The highest BCUT2D eigenvalue weighted by Crippen LogP contribution is 2.33. The van der Waals surface area contributed by atoms with E-state index in [1.807, 2.05) is 31.3 Å². The predicted molar refractivity (Wildman–Crippen MR) is 99.7 cm³/mol. The van der Waals surface area contributed by atoms with Crippen molar-refractivity contribution in [1.29, 1.82) is 0 Å². The molecule has 2 aromatic rings. The van der Waals surface area contributed by atoms with Gasteiger partial charge in [0.25, 0.3) is 0 Å². The molecule has 1 fully saturated rings. The third kappa shape index (κ3) is 3.87. The van der Waals surface area contributed by atoms with Crippen molar-refractivity contribution in [2.75, 3.05) is 26.4 Å². The standard InChI is InChI=1S/C17H22N2O4S2/c1-18(12-7-9-19(10-8-12)25(2,22)23)11-14-13-5-3-4-6-15(13)24-16(14)17(20)21/h3-6,12H,7-11H2,1-2H3,(H,20,21). The zero-order chi connectivity index (χ0) is 18.2. The van der Waals surface area contributed by atoms with Crippen LogP contribution in [-0.4, -0.2) is 61.1 Å². The largest absolute Gasteiger partial charge is 0.477 e. The summed E-state index contributed by atoms with van der Waals surface area (Å²) in [5.41, 5.74) is 0.848. The zero-order valence-corrected chi connectivity index (χ0v) is 15.9. The van der Waals surface area contributed by atoms with Gasteiger partial charge in [0.1, 0.15) is 4.88 Å². The first-order valence-corrected chi connectivity index (χ1v) is 10.8. The molecule has 0 amide bonds. The SMILES string of the molecule is CN(Cc1c(C(=O)O)sc2ccccc12)C1CCN(S(C)(=O)=O)CC1. The van der Waals surface area contributed by atoms with Crippen molar-refractivity contribution in [3.8, 4) is 0 Å². The lowest BCUT2D eigenvalue weighted by molar-refractivity contribution is 0.0699. The molecular formula is C17H22N2O4S2. The lowest BCUT2D eigenvalue weighted by Crippen LogP contribution is -2.45. The van der Waals surface area contributed by atoms with E-state index in [1.165, 1.54) is 21.9 Å². The second kappa shape index (κ2) is 7.03. The van der Waals surface area contributed by atoms with Crippen molar-refractivity contribution < 1.29 is 18.3 Å². The lowest BCUT2D eigenvalue weighted by atomic mass is 10.0. The minimum Gasteiger partial charge on any atom is -0.477 e. The van der Waals surface area contributed by atoms with Gasteiger partial charge in [-0.2, -0.15) is 0 Å². The number of carbonyl (C=O) groups is 1. The number of hydrogen-bond donors (Lipinski definition) is 1. The minimum atomic E-state index is -3.13. The molecule has 1 saturated heterocycles. The Balaban J connectivity index is 1.78. The van der Waals surface area contributed by atoms with Crippen LogP contribution in [0.3, 0.4) is 0 Å². The highest BCUT2D eigenvalue weighted by Gasteiger charge is 2.28. The number of carboxylic acid groups (broad SMARTS) is 1. The van der Waals surface area contributed by atoms with Gasteiger partial charge in [-0.15, -0.1) is 11.3 Å². The third-order valence-corrected chi connectivity index (χ3v) is 7.32. The Hall–Kier alpha value is -1.48. The van der Waals surface area contributed by atoms with E-state index < -0.39 is 16.0 Å². The Bertz CT molecular complexity index is 883. The number of sulfonamides is 1. The van der Waals surface area contributed by atoms with Crippen LogP contribution in [0.25, 0.3) is 10.1 Å². The summed E-state index contributed by atoms with van der Waals surface area (Å²) in [5, 5.41) is 10.5. The highest BCUT2D eigenvalue weighted by molar-refractivity contribution is 7.88. The maximum absolute atomic E-state index is 11.6. The summed E-state index contributed by atoms with van der Waals surface area (Å²) in [6.45, 7) is 1.59. The average molecular weight is 383 g/mol. The van der Waals surface area contributed by atoms with Gasteiger partial charge in [-0.25, -0.2) is 17.5 Å². The molecular weight excluding hydrogens is 360 g/mol. The van der Waals surface area contributed by atoms with Crippen molar-refractivity contribution in [3.05, 3.63) is 34.7 Å². The maximum atomic E-state index is 11.6. The number of rotatable bonds is 5. The fraction of sp³-hybridized carbons (Fsp3) is 0.471. The Morgan fingerprint density at radius 1 is 1.32 bits per heavy atom. The topological polar surface area (TPSA) is 77.9 Å². The van der Waals surface area contributed by atoms with E-state index in [4.69, 9.17) is 0 Å². The molecule has 1 N–H and O–H groups in total. The van der Waals surface area contributed by atoms with Crippen LogP contribution in [-0.2, 0) is 16.6 Å². The first kappa shape index (κ1) is 18.3. The van der Waals surface area contributed by atoms with E-state index in [9.17, 15) is 18.3 Å². The summed E-state index contributed by atoms with van der Waals surface area (Å²) >= 11 is 1.31. The summed E-state index contributed by atoms with van der Waals surface area (Å²) in [4.78, 5) is 14.2. The summed E-state index contributed by atoms with van der Waals surface area (Å²) in [6.07, 6.45) is 2.76. The molecule has 2 heterocycles. The number of thiophene rings is 1. The Morgan fingerprint density at radius 2 is 1.96 bits per heavy atom. The van der Waals surface area contributed by atoms with Crippen LogP contribution in [0.2, 0.25) is 0 Å².